The van der Waals surface area contributed by atoms with Crippen LogP contribution < -0.4 is 38.0 Å². The summed E-state index contributed by atoms with van der Waals surface area (Å²) in [5, 5.41) is 7.83. The minimum atomic E-state index is -2.00. The molecule has 0 atom stereocenters. The van der Waals surface area contributed by atoms with Crippen LogP contribution in [0.2, 0.25) is 0 Å². The quantitative estimate of drug-likeness (QED) is 0.459. The zero-order valence-electron chi connectivity index (χ0n) is 14.8. The zero-order valence-corrected chi connectivity index (χ0v) is 17.3. The van der Waals surface area contributed by atoms with Gasteiger partial charge < -0.3 is 21.4 Å². The minimum Gasteiger partial charge on any atom is -1.00 e. The molecular formula is C23H21BrNOP. The van der Waals surface area contributed by atoms with Crippen molar-refractivity contribution in [2.45, 2.75) is 6.54 Å². The third kappa shape index (κ3) is 4.06. The monoisotopic (exact) mass is 437 g/mol. The molecule has 1 heterocycles. The van der Waals surface area contributed by atoms with E-state index in [4.69, 9.17) is 4.42 Å². The van der Waals surface area contributed by atoms with Gasteiger partial charge in [-0.05, 0) is 48.5 Å². The van der Waals surface area contributed by atoms with Crippen molar-refractivity contribution in [2.75, 3.05) is 0 Å². The highest BCUT2D eigenvalue weighted by Crippen LogP contribution is 2.51. The summed E-state index contributed by atoms with van der Waals surface area (Å²) in [6.07, 6.45) is 1.73. The molecule has 0 amide bonds. The van der Waals surface area contributed by atoms with E-state index < -0.39 is 7.41 Å². The standard InChI is InChI=1S/C23H21NOP.BrH/c1-4-12-21(13-5-1)26(22-14-6-2-7-15-22,23-16-8-3-9-17-23)24-19-20-11-10-18-25-20;/h1-18,24H,19H2;1H/q+1;/p-1. The van der Waals surface area contributed by atoms with E-state index in [1.807, 2.05) is 12.1 Å². The normalized spacial score (nSPS) is 11.0. The Morgan fingerprint density at radius 2 is 1.04 bits per heavy atom. The third-order valence-electron chi connectivity index (χ3n) is 4.50. The molecule has 1 N–H and O–H groups in total. The van der Waals surface area contributed by atoms with Crippen LogP contribution in [0.3, 0.4) is 0 Å². The molecule has 0 spiro atoms. The first-order chi connectivity index (χ1) is 12.9. The molecule has 1 aromatic heterocycles. The molecule has 0 aliphatic carbocycles. The largest absolute Gasteiger partial charge is 1.00 e. The van der Waals surface area contributed by atoms with Gasteiger partial charge in [0.15, 0.2) is 7.41 Å². The molecule has 0 saturated carbocycles. The molecule has 136 valence electrons. The maximum Gasteiger partial charge on any atom is 0.178 e. The van der Waals surface area contributed by atoms with Crippen molar-refractivity contribution in [1.29, 1.82) is 0 Å². The molecule has 0 bridgehead atoms. The van der Waals surface area contributed by atoms with E-state index in [2.05, 4.69) is 96.1 Å². The van der Waals surface area contributed by atoms with Gasteiger partial charge in [0.05, 0.1) is 12.8 Å². The highest BCUT2D eigenvalue weighted by Gasteiger charge is 2.45. The Bertz CT molecular complexity index is 831. The fourth-order valence-corrected chi connectivity index (χ4v) is 6.98. The fourth-order valence-electron chi connectivity index (χ4n) is 3.29. The molecule has 0 saturated heterocycles. The van der Waals surface area contributed by atoms with Crippen molar-refractivity contribution in [3.8, 4) is 0 Å². The Kier molecular flexibility index (Phi) is 6.63. The molecule has 0 fully saturated rings. The summed E-state index contributed by atoms with van der Waals surface area (Å²) in [6, 6.07) is 36.2. The van der Waals surface area contributed by atoms with Crippen molar-refractivity contribution in [3.05, 3.63) is 115 Å². The number of hydrogen-bond acceptors (Lipinski definition) is 2. The molecule has 4 aromatic rings. The van der Waals surface area contributed by atoms with E-state index in [0.29, 0.717) is 6.54 Å². The van der Waals surface area contributed by atoms with E-state index in [1.165, 1.54) is 15.9 Å². The maximum atomic E-state index is 5.59. The second kappa shape index (κ2) is 9.14. The molecule has 3 aromatic carbocycles. The smallest absolute Gasteiger partial charge is 0.178 e. The first kappa shape index (κ1) is 19.6. The van der Waals surface area contributed by atoms with E-state index >= 15 is 0 Å². The number of halogens is 1. The van der Waals surface area contributed by atoms with Crippen LogP contribution in [0.25, 0.3) is 0 Å². The van der Waals surface area contributed by atoms with E-state index in [1.54, 1.807) is 6.26 Å². The van der Waals surface area contributed by atoms with Crippen LogP contribution in [-0.4, -0.2) is 0 Å². The Morgan fingerprint density at radius 1 is 0.593 bits per heavy atom. The Hall–Kier alpha value is -2.19. The maximum absolute atomic E-state index is 5.59. The molecule has 0 aliphatic heterocycles. The first-order valence-electron chi connectivity index (χ1n) is 8.73. The lowest BCUT2D eigenvalue weighted by Crippen LogP contribution is -3.00. The third-order valence-corrected chi connectivity index (χ3v) is 8.35. The predicted octanol–water partition coefficient (Wildman–Crippen LogP) is 1.28. The van der Waals surface area contributed by atoms with Gasteiger partial charge in [-0.1, -0.05) is 54.6 Å². The average Bonchev–Trinajstić information content (AvgIpc) is 3.25. The van der Waals surface area contributed by atoms with Crippen molar-refractivity contribution in [3.63, 3.8) is 0 Å². The number of nitrogens with one attached hydrogen (secondary N) is 1. The van der Waals surface area contributed by atoms with Crippen LogP contribution in [0.5, 0.6) is 0 Å². The van der Waals surface area contributed by atoms with Gasteiger partial charge in [-0.25, -0.2) is 0 Å². The molecular weight excluding hydrogens is 417 g/mol. The number of hydrogen-bond donors (Lipinski definition) is 1. The van der Waals surface area contributed by atoms with E-state index in [-0.39, 0.29) is 17.0 Å². The number of rotatable bonds is 6. The van der Waals surface area contributed by atoms with Crippen LogP contribution in [0.1, 0.15) is 5.76 Å². The first-order valence-corrected chi connectivity index (χ1v) is 10.5. The minimum absolute atomic E-state index is 0. The molecule has 2 nitrogen and oxygen atoms in total. The summed E-state index contributed by atoms with van der Waals surface area (Å²) in [7, 11) is -2.00. The van der Waals surface area contributed by atoms with Gasteiger partial charge in [-0.2, -0.15) is 5.09 Å². The fraction of sp³-hybridized carbons (Fsp3) is 0.0435. The van der Waals surface area contributed by atoms with Crippen molar-refractivity contribution < 1.29 is 21.4 Å². The van der Waals surface area contributed by atoms with Crippen molar-refractivity contribution >= 4 is 23.3 Å². The number of furan rings is 1. The molecule has 4 rings (SSSR count). The molecule has 4 heteroatoms. The van der Waals surface area contributed by atoms with Gasteiger partial charge in [0.25, 0.3) is 0 Å². The summed E-state index contributed by atoms with van der Waals surface area (Å²) in [6.45, 7) is 0.680. The topological polar surface area (TPSA) is 25.2 Å². The summed E-state index contributed by atoms with van der Waals surface area (Å²) >= 11 is 0. The van der Waals surface area contributed by atoms with Gasteiger partial charge >= 0.3 is 0 Å². The lowest BCUT2D eigenvalue weighted by molar-refractivity contribution is -0.00000556. The average molecular weight is 438 g/mol. The predicted molar refractivity (Wildman–Crippen MR) is 111 cm³/mol. The highest BCUT2D eigenvalue weighted by atomic mass is 79.9. The molecule has 0 unspecified atom stereocenters. The van der Waals surface area contributed by atoms with Crippen LogP contribution in [-0.2, 0) is 6.54 Å². The summed E-state index contributed by atoms with van der Waals surface area (Å²) in [4.78, 5) is 0. The summed E-state index contributed by atoms with van der Waals surface area (Å²) in [5.74, 6) is 0.942. The Morgan fingerprint density at radius 3 is 1.41 bits per heavy atom. The zero-order chi connectivity index (χ0) is 17.7. The van der Waals surface area contributed by atoms with Crippen molar-refractivity contribution in [1.82, 2.24) is 5.09 Å². The Labute approximate surface area is 171 Å². The summed E-state index contributed by atoms with van der Waals surface area (Å²) in [5.41, 5.74) is 0. The van der Waals surface area contributed by atoms with Gasteiger partial charge in [-0.3, -0.25) is 0 Å². The van der Waals surface area contributed by atoms with Gasteiger partial charge in [0.2, 0.25) is 0 Å². The van der Waals surface area contributed by atoms with E-state index in [0.717, 1.165) is 5.76 Å². The van der Waals surface area contributed by atoms with Crippen molar-refractivity contribution in [2.24, 2.45) is 0 Å². The van der Waals surface area contributed by atoms with Gasteiger partial charge in [-0.15, -0.1) is 0 Å². The second-order valence-corrected chi connectivity index (χ2v) is 9.30. The van der Waals surface area contributed by atoms with Crippen LogP contribution in [0, 0.1) is 0 Å². The van der Waals surface area contributed by atoms with Crippen LogP contribution in [0.4, 0.5) is 0 Å². The van der Waals surface area contributed by atoms with Gasteiger partial charge in [0.1, 0.15) is 21.7 Å². The number of benzene rings is 3. The van der Waals surface area contributed by atoms with Gasteiger partial charge in [0, 0.05) is 0 Å². The van der Waals surface area contributed by atoms with E-state index in [9.17, 15) is 0 Å². The summed E-state index contributed by atoms with van der Waals surface area (Å²) < 4.78 is 5.59. The van der Waals surface area contributed by atoms with Crippen LogP contribution in [0.15, 0.2) is 114 Å². The Balaban J connectivity index is 0.00000210. The molecule has 0 radical (unpaired) electrons. The lowest BCUT2D eigenvalue weighted by Gasteiger charge is -2.27. The molecule has 27 heavy (non-hydrogen) atoms. The molecule has 0 aliphatic rings. The lowest BCUT2D eigenvalue weighted by atomic mass is 10.4. The highest BCUT2D eigenvalue weighted by molar-refractivity contribution is 7.94. The SMILES string of the molecule is [Br-].c1ccc([P+](NCc2ccco2)(c2ccccc2)c2ccccc2)cc1. The van der Waals surface area contributed by atoms with Crippen LogP contribution >= 0.6 is 7.41 Å². The second-order valence-electron chi connectivity index (χ2n) is 6.09.